The standard InChI is InChI=1S/C11H8F3NO.C11H8F3N.C10H10N2O.C8H7N3/c12-11(13,14)16-9-5-3-8(4-6-9)10-2-1-7-15-10;12-11(13,14)9-5-3-8(4-6-9)10-2-1-7-15-10;1-13-9-4-2-3-8(7-9)10-11-5-6-12-10;1-2-7(10-3-1)8-6-9-4-5-11-8/h1-7,15H;1-7,15H;2-7H,1H3,(H,11,12);1-6,10H. The molecule has 0 saturated carbocycles. The summed E-state index contributed by atoms with van der Waals surface area (Å²) in [5.74, 6) is 1.48. The molecule has 9 nitrogen and oxygen atoms in total. The molecule has 0 aliphatic heterocycles. The van der Waals surface area contributed by atoms with Gasteiger partial charge in [0.25, 0.3) is 0 Å². The van der Waals surface area contributed by atoms with Crippen molar-refractivity contribution in [1.29, 1.82) is 0 Å². The molecule has 0 aliphatic rings. The van der Waals surface area contributed by atoms with Crippen LogP contribution in [0.25, 0.3) is 45.3 Å². The minimum atomic E-state index is -4.64. The molecule has 0 fully saturated rings. The Labute approximate surface area is 311 Å². The molecule has 8 rings (SSSR count). The molecular weight excluding hydrogens is 724 g/mol. The van der Waals surface area contributed by atoms with Crippen LogP contribution in [-0.2, 0) is 6.18 Å². The second-order valence-electron chi connectivity index (χ2n) is 11.2. The molecule has 0 amide bonds. The number of imidazole rings is 1. The fraction of sp³-hybridized carbons (Fsp3) is 0.0750. The lowest BCUT2D eigenvalue weighted by Crippen LogP contribution is -2.16. The maximum atomic E-state index is 12.3. The van der Waals surface area contributed by atoms with E-state index in [2.05, 4.69) is 39.6 Å². The van der Waals surface area contributed by atoms with Crippen LogP contribution < -0.4 is 9.47 Å². The molecule has 15 heteroatoms. The zero-order chi connectivity index (χ0) is 39.1. The number of nitrogens with one attached hydrogen (secondary N) is 4. The van der Waals surface area contributed by atoms with Gasteiger partial charge in [-0.05, 0) is 96.1 Å². The Kier molecular flexibility index (Phi) is 13.3. The maximum Gasteiger partial charge on any atom is 0.573 e. The second kappa shape index (κ2) is 18.6. The van der Waals surface area contributed by atoms with Gasteiger partial charge in [-0.1, -0.05) is 24.3 Å². The van der Waals surface area contributed by atoms with Gasteiger partial charge in [-0.15, -0.1) is 13.2 Å². The van der Waals surface area contributed by atoms with Gasteiger partial charge in [-0.3, -0.25) is 9.97 Å². The van der Waals surface area contributed by atoms with E-state index in [1.807, 2.05) is 60.8 Å². The Hall–Kier alpha value is -7.03. The second-order valence-corrected chi connectivity index (χ2v) is 11.2. The molecule has 4 N–H and O–H groups in total. The van der Waals surface area contributed by atoms with Crippen LogP contribution in [0.2, 0.25) is 0 Å². The van der Waals surface area contributed by atoms with Crippen molar-refractivity contribution in [1.82, 2.24) is 34.9 Å². The largest absolute Gasteiger partial charge is 0.573 e. The number of hydrogen-bond donors (Lipinski definition) is 4. The Balaban J connectivity index is 0.000000142. The molecule has 0 saturated heterocycles. The predicted molar refractivity (Wildman–Crippen MR) is 197 cm³/mol. The highest BCUT2D eigenvalue weighted by molar-refractivity contribution is 5.61. The number of H-pyrrole nitrogens is 4. The van der Waals surface area contributed by atoms with E-state index in [0.717, 1.165) is 63.2 Å². The van der Waals surface area contributed by atoms with Crippen molar-refractivity contribution in [2.75, 3.05) is 7.11 Å². The van der Waals surface area contributed by atoms with Crippen LogP contribution in [0.15, 0.2) is 159 Å². The first-order valence-electron chi connectivity index (χ1n) is 16.3. The van der Waals surface area contributed by atoms with Gasteiger partial charge >= 0.3 is 12.5 Å². The number of hydrogen-bond acceptors (Lipinski definition) is 5. The number of alkyl halides is 6. The van der Waals surface area contributed by atoms with Crippen molar-refractivity contribution in [2.24, 2.45) is 0 Å². The molecule has 0 atom stereocenters. The minimum Gasteiger partial charge on any atom is -0.497 e. The molecule has 5 aromatic heterocycles. The van der Waals surface area contributed by atoms with Crippen molar-refractivity contribution in [3.8, 4) is 56.8 Å². The van der Waals surface area contributed by atoms with Gasteiger partial charge in [0.2, 0.25) is 0 Å². The smallest absolute Gasteiger partial charge is 0.497 e. The predicted octanol–water partition coefficient (Wildman–Crippen LogP) is 10.8. The first kappa shape index (κ1) is 39.2. The molecule has 3 aromatic carbocycles. The van der Waals surface area contributed by atoms with Crippen molar-refractivity contribution < 1.29 is 35.8 Å². The fourth-order valence-corrected chi connectivity index (χ4v) is 4.82. The van der Waals surface area contributed by atoms with Crippen molar-refractivity contribution in [3.63, 3.8) is 0 Å². The molecule has 8 aromatic rings. The number of methoxy groups -OCH3 is 1. The lowest BCUT2D eigenvalue weighted by Gasteiger charge is -2.08. The van der Waals surface area contributed by atoms with Crippen LogP contribution in [0.5, 0.6) is 11.5 Å². The monoisotopic (exact) mass is 757 g/mol. The Bertz CT molecular complexity index is 2220. The van der Waals surface area contributed by atoms with E-state index in [1.54, 1.807) is 68.7 Å². The minimum absolute atomic E-state index is 0.220. The molecular formula is C40H33F6N7O2. The first-order chi connectivity index (χ1) is 26.5. The third-order valence-corrected chi connectivity index (χ3v) is 7.40. The van der Waals surface area contributed by atoms with E-state index in [9.17, 15) is 26.3 Å². The third kappa shape index (κ3) is 12.3. The van der Waals surface area contributed by atoms with Gasteiger partial charge in [0, 0.05) is 60.3 Å². The quantitative estimate of drug-likeness (QED) is 0.126. The van der Waals surface area contributed by atoms with E-state index >= 15 is 0 Å². The van der Waals surface area contributed by atoms with Crippen LogP contribution >= 0.6 is 0 Å². The highest BCUT2D eigenvalue weighted by atomic mass is 19.4. The topological polar surface area (TPSA) is 120 Å². The Morgan fingerprint density at radius 3 is 1.60 bits per heavy atom. The van der Waals surface area contributed by atoms with E-state index in [0.29, 0.717) is 0 Å². The summed E-state index contributed by atoms with van der Waals surface area (Å²) in [5.41, 5.74) is 5.48. The zero-order valence-corrected chi connectivity index (χ0v) is 28.9. The number of aromatic amines is 4. The summed E-state index contributed by atoms with van der Waals surface area (Å²) >= 11 is 0. The summed E-state index contributed by atoms with van der Waals surface area (Å²) in [7, 11) is 1.65. The molecule has 0 unspecified atom stereocenters. The lowest BCUT2D eigenvalue weighted by molar-refractivity contribution is -0.274. The average molecular weight is 758 g/mol. The third-order valence-electron chi connectivity index (χ3n) is 7.40. The molecule has 282 valence electrons. The summed E-state index contributed by atoms with van der Waals surface area (Å²) in [6.45, 7) is 0. The van der Waals surface area contributed by atoms with Gasteiger partial charge in [0.1, 0.15) is 23.0 Å². The van der Waals surface area contributed by atoms with Gasteiger partial charge in [-0.25, -0.2) is 4.98 Å². The number of nitrogens with zero attached hydrogens (tertiary/aromatic N) is 3. The summed E-state index contributed by atoms with van der Waals surface area (Å²) in [4.78, 5) is 24.2. The SMILES string of the molecule is COc1cccc(-c2ncc[nH]2)c1.FC(F)(F)Oc1ccc(-c2ccc[nH]2)cc1.FC(F)(F)c1ccc(-c2ccc[nH]2)cc1.c1c[nH]c(-c2cnccn2)c1. The van der Waals surface area contributed by atoms with Crippen LogP contribution in [-0.4, -0.2) is 48.4 Å². The Morgan fingerprint density at radius 1 is 0.527 bits per heavy atom. The summed E-state index contributed by atoms with van der Waals surface area (Å²) in [5, 5.41) is 0. The average Bonchev–Trinajstić information content (AvgIpc) is 4.04. The fourth-order valence-electron chi connectivity index (χ4n) is 4.82. The van der Waals surface area contributed by atoms with E-state index in [1.165, 1.54) is 24.3 Å². The van der Waals surface area contributed by atoms with Gasteiger partial charge in [-0.2, -0.15) is 13.2 Å². The number of aromatic nitrogens is 7. The lowest BCUT2D eigenvalue weighted by atomic mass is 10.1. The molecule has 0 aliphatic carbocycles. The number of ether oxygens (including phenoxy) is 2. The molecule has 0 spiro atoms. The maximum absolute atomic E-state index is 12.3. The van der Waals surface area contributed by atoms with Gasteiger partial charge in [0.15, 0.2) is 0 Å². The zero-order valence-electron chi connectivity index (χ0n) is 28.9. The number of benzene rings is 3. The van der Waals surface area contributed by atoms with Crippen LogP contribution in [0.1, 0.15) is 5.56 Å². The molecule has 0 bridgehead atoms. The number of halogens is 6. The van der Waals surface area contributed by atoms with Crippen molar-refractivity contribution >= 4 is 0 Å². The summed E-state index contributed by atoms with van der Waals surface area (Å²) in [6.07, 6.45) is 5.02. The normalized spacial score (nSPS) is 10.8. The molecule has 0 radical (unpaired) electrons. The van der Waals surface area contributed by atoms with Crippen LogP contribution in [0.3, 0.4) is 0 Å². The Morgan fingerprint density at radius 2 is 1.13 bits per heavy atom. The highest BCUT2D eigenvalue weighted by Crippen LogP contribution is 2.31. The van der Waals surface area contributed by atoms with Crippen molar-refractivity contribution in [3.05, 3.63) is 164 Å². The molecule has 5 heterocycles. The van der Waals surface area contributed by atoms with Crippen molar-refractivity contribution in [2.45, 2.75) is 12.5 Å². The number of rotatable bonds is 6. The van der Waals surface area contributed by atoms with Crippen LogP contribution in [0.4, 0.5) is 26.3 Å². The summed E-state index contributed by atoms with van der Waals surface area (Å²) < 4.78 is 81.3. The molecule has 55 heavy (non-hydrogen) atoms. The first-order valence-corrected chi connectivity index (χ1v) is 16.3. The highest BCUT2D eigenvalue weighted by Gasteiger charge is 2.31. The van der Waals surface area contributed by atoms with Crippen LogP contribution in [0, 0.1) is 0 Å². The van der Waals surface area contributed by atoms with E-state index in [4.69, 9.17) is 4.74 Å². The van der Waals surface area contributed by atoms with Gasteiger partial charge in [0.05, 0.1) is 24.6 Å². The van der Waals surface area contributed by atoms with Gasteiger partial charge < -0.3 is 29.4 Å². The van der Waals surface area contributed by atoms with E-state index in [-0.39, 0.29) is 5.75 Å². The van der Waals surface area contributed by atoms with E-state index < -0.39 is 18.1 Å². The summed E-state index contributed by atoms with van der Waals surface area (Å²) in [6, 6.07) is 29.7.